The second-order valence-corrected chi connectivity index (χ2v) is 10.0. The van der Waals surface area contributed by atoms with Crippen molar-refractivity contribution in [1.29, 1.82) is 0 Å². The largest absolute Gasteiger partial charge is 1.00 e. The van der Waals surface area contributed by atoms with E-state index in [0.717, 1.165) is 6.07 Å². The molecule has 0 heterocycles. The first kappa shape index (κ1) is 29.9. The average molecular weight is 582 g/mol. The van der Waals surface area contributed by atoms with Gasteiger partial charge in [0.05, 0.1) is 28.4 Å². The molecule has 190 valence electrons. The van der Waals surface area contributed by atoms with Crippen molar-refractivity contribution in [3.8, 4) is 11.5 Å². The van der Waals surface area contributed by atoms with Gasteiger partial charge in [0, 0.05) is 10.9 Å². The second kappa shape index (κ2) is 12.0. The van der Waals surface area contributed by atoms with E-state index in [-0.39, 0.29) is 62.2 Å². The first-order valence-electron chi connectivity index (χ1n) is 10.6. The van der Waals surface area contributed by atoms with Crippen LogP contribution in [0.25, 0.3) is 10.8 Å². The molecule has 13 heteroatoms. The number of anilines is 1. The fraction of sp³-hybridized carbons (Fsp3) is 0.0800. The topological polar surface area (TPSA) is 140 Å². The minimum absolute atomic E-state index is 0. The van der Waals surface area contributed by atoms with Crippen LogP contribution in [0.4, 0.5) is 17.1 Å². The zero-order chi connectivity index (χ0) is 26.9. The molecule has 38 heavy (non-hydrogen) atoms. The number of ether oxygens (including phenoxy) is 1. The number of carbonyl (C=O) groups excluding carboxylic acids is 1. The smallest absolute Gasteiger partial charge is 0.870 e. The molecule has 0 saturated carbocycles. The van der Waals surface area contributed by atoms with Crippen LogP contribution in [0.15, 0.2) is 75.8 Å². The van der Waals surface area contributed by atoms with E-state index in [1.165, 1.54) is 26.2 Å². The molecule has 4 aromatic rings. The van der Waals surface area contributed by atoms with Crippen LogP contribution in [-0.2, 0) is 10.1 Å². The summed E-state index contributed by atoms with van der Waals surface area (Å²) in [5, 5.41) is 25.2. The maximum atomic E-state index is 13.4. The normalized spacial score (nSPS) is 11.4. The Labute approximate surface area is 250 Å². The fourth-order valence-electron chi connectivity index (χ4n) is 3.58. The molecule has 0 aromatic heterocycles. The summed E-state index contributed by atoms with van der Waals surface area (Å²) < 4.78 is 37.8. The van der Waals surface area contributed by atoms with Gasteiger partial charge in [-0.05, 0) is 48.2 Å². The molecule has 4 aromatic carbocycles. The van der Waals surface area contributed by atoms with E-state index in [4.69, 9.17) is 27.9 Å². The summed E-state index contributed by atoms with van der Waals surface area (Å²) in [7, 11) is -3.11. The number of nitrogens with one attached hydrogen (secondary N) is 1. The van der Waals surface area contributed by atoms with Gasteiger partial charge in [-0.15, -0.1) is 5.11 Å². The van der Waals surface area contributed by atoms with Gasteiger partial charge in [0.1, 0.15) is 16.5 Å². The van der Waals surface area contributed by atoms with Gasteiger partial charge in [0.2, 0.25) is 0 Å². The number of azo groups is 1. The summed E-state index contributed by atoms with van der Waals surface area (Å²) in [4.78, 5) is 12.7. The van der Waals surface area contributed by atoms with Crippen LogP contribution < -0.4 is 44.7 Å². The molecule has 0 unspecified atom stereocenters. The Balaban J connectivity index is 0.00000400. The van der Waals surface area contributed by atoms with E-state index in [1.54, 1.807) is 42.5 Å². The molecule has 0 fully saturated rings. The van der Waals surface area contributed by atoms with Gasteiger partial charge in [-0.2, -0.15) is 13.5 Å². The molecule has 0 aliphatic rings. The molecule has 0 aliphatic carbocycles. The van der Waals surface area contributed by atoms with E-state index >= 15 is 0 Å². The summed E-state index contributed by atoms with van der Waals surface area (Å²) in [6.45, 7) is 1.53. The van der Waals surface area contributed by atoms with Crippen molar-refractivity contribution in [2.24, 2.45) is 10.2 Å². The van der Waals surface area contributed by atoms with Gasteiger partial charge in [-0.25, -0.2) is 0 Å². The molecule has 1 amide bonds. The van der Waals surface area contributed by atoms with Crippen LogP contribution in [0, 0.1) is 6.92 Å². The first-order chi connectivity index (χ1) is 17.5. The number of hydrogen-bond acceptors (Lipinski definition) is 7. The van der Waals surface area contributed by atoms with Crippen molar-refractivity contribution in [3.05, 3.63) is 81.8 Å². The molecule has 2 N–H and O–H groups in total. The molecular formula is C25H18Cl2N3NaO6S. The Morgan fingerprint density at radius 3 is 2.42 bits per heavy atom. The van der Waals surface area contributed by atoms with Gasteiger partial charge in [-0.1, -0.05) is 59.3 Å². The second-order valence-electron chi connectivity index (χ2n) is 7.85. The van der Waals surface area contributed by atoms with E-state index in [0.29, 0.717) is 22.1 Å². The van der Waals surface area contributed by atoms with Crippen LogP contribution in [0.3, 0.4) is 0 Å². The number of fused-ring (bicyclic) bond motifs is 1. The number of methoxy groups -OCH3 is 1. The van der Waals surface area contributed by atoms with E-state index in [2.05, 4.69) is 15.5 Å². The Morgan fingerprint density at radius 2 is 1.74 bits per heavy atom. The predicted molar refractivity (Wildman–Crippen MR) is 140 cm³/mol. The summed E-state index contributed by atoms with van der Waals surface area (Å²) in [6.07, 6.45) is 0. The van der Waals surface area contributed by atoms with Gasteiger partial charge < -0.3 is 15.2 Å². The Morgan fingerprint density at radius 1 is 1.03 bits per heavy atom. The molecule has 9 nitrogen and oxygen atoms in total. The summed E-state index contributed by atoms with van der Waals surface area (Å²) in [5.41, 5.74) is 0.0922. The molecule has 0 saturated heterocycles. The molecular weight excluding hydrogens is 564 g/mol. The summed E-state index contributed by atoms with van der Waals surface area (Å²) in [5.74, 6) is -1.11. The molecule has 0 spiro atoms. The molecule has 0 atom stereocenters. The van der Waals surface area contributed by atoms with E-state index in [9.17, 15) is 22.9 Å². The van der Waals surface area contributed by atoms with E-state index in [1.807, 2.05) is 0 Å². The van der Waals surface area contributed by atoms with Gasteiger partial charge in [-0.3, -0.25) is 9.35 Å². The number of rotatable bonds is 6. The van der Waals surface area contributed by atoms with Crippen molar-refractivity contribution >= 4 is 67.1 Å². The third-order valence-electron chi connectivity index (χ3n) is 5.42. The fourth-order valence-corrected chi connectivity index (χ4v) is 4.56. The number of carbonyl (C=O) groups is 1. The Hall–Kier alpha value is -2.70. The Kier molecular flexibility index (Phi) is 9.43. The number of aryl methyl sites for hydroxylation is 1. The minimum Gasteiger partial charge on any atom is -0.870 e. The van der Waals surface area contributed by atoms with Gasteiger partial charge >= 0.3 is 29.6 Å². The molecule has 0 radical (unpaired) electrons. The van der Waals surface area contributed by atoms with Crippen LogP contribution in [0.5, 0.6) is 11.5 Å². The third-order valence-corrected chi connectivity index (χ3v) is 7.13. The third kappa shape index (κ3) is 6.13. The quantitative estimate of drug-likeness (QED) is 0.203. The zero-order valence-electron chi connectivity index (χ0n) is 20.3. The van der Waals surface area contributed by atoms with Crippen molar-refractivity contribution in [1.82, 2.24) is 0 Å². The van der Waals surface area contributed by atoms with Crippen molar-refractivity contribution < 1.29 is 57.2 Å². The van der Waals surface area contributed by atoms with Crippen LogP contribution >= 0.6 is 23.2 Å². The molecule has 4 rings (SSSR count). The number of nitrogens with zero attached hydrogens (tertiary/aromatic N) is 2. The number of benzene rings is 4. The first-order valence-corrected chi connectivity index (χ1v) is 12.8. The van der Waals surface area contributed by atoms with Crippen LogP contribution in [0.1, 0.15) is 15.9 Å². The van der Waals surface area contributed by atoms with E-state index < -0.39 is 26.7 Å². The van der Waals surface area contributed by atoms with Gasteiger partial charge in [0.15, 0.2) is 0 Å². The number of hydrogen-bond donors (Lipinski definition) is 2. The predicted octanol–water partition coefficient (Wildman–Crippen LogP) is 3.46. The molecule has 0 bridgehead atoms. The van der Waals surface area contributed by atoms with Crippen LogP contribution in [-0.4, -0.2) is 26.0 Å². The van der Waals surface area contributed by atoms with Crippen molar-refractivity contribution in [3.63, 3.8) is 0 Å². The standard InChI is InChI=1S/C25H19Cl2N3O6S.Na/c1-13-10-15(37(33,34)35)12-19(21(13)26)29-30-23-16-7-4-3-6-14(16)11-17(24(23)31)25(32)28-18-8-5-9-20(36-2)22(18)27;/h3-12,31H,1-2H3,(H,28,32)(H,33,34,35);/q;+1/p-1. The maximum absolute atomic E-state index is 13.4. The number of halogens is 2. The van der Waals surface area contributed by atoms with Gasteiger partial charge in [0.25, 0.3) is 16.0 Å². The summed E-state index contributed by atoms with van der Waals surface area (Å²) >= 11 is 12.5. The van der Waals surface area contributed by atoms with Crippen molar-refractivity contribution in [2.75, 3.05) is 12.4 Å². The zero-order valence-corrected chi connectivity index (χ0v) is 24.6. The monoisotopic (exact) mass is 581 g/mol. The van der Waals surface area contributed by atoms with Crippen molar-refractivity contribution in [2.45, 2.75) is 11.8 Å². The SMILES string of the molecule is COc1cccc(NC(=O)c2cc3ccccc3c(N=Nc3cc(S(=O)(=O)O)cc(C)c3Cl)c2[O-])c1Cl.[Na+]. The maximum Gasteiger partial charge on any atom is 1.00 e. The Bertz CT molecular complexity index is 1700. The average Bonchev–Trinajstić information content (AvgIpc) is 2.86. The van der Waals surface area contributed by atoms with Crippen LogP contribution in [0.2, 0.25) is 10.0 Å². The molecule has 0 aliphatic heterocycles. The summed E-state index contributed by atoms with van der Waals surface area (Å²) in [6, 6.07) is 15.2. The minimum atomic E-state index is -4.54. The number of amides is 1.